The van der Waals surface area contributed by atoms with E-state index < -0.39 is 4.92 Å². The molecule has 0 N–H and O–H groups in total. The first kappa shape index (κ1) is 15.5. The summed E-state index contributed by atoms with van der Waals surface area (Å²) in [5.74, 6) is -0.0890. The van der Waals surface area contributed by atoms with Crippen LogP contribution in [-0.4, -0.2) is 18.0 Å². The summed E-state index contributed by atoms with van der Waals surface area (Å²) >= 11 is 0. The van der Waals surface area contributed by atoms with Crippen LogP contribution in [0.5, 0.6) is 11.5 Å². The smallest absolute Gasteiger partial charge is 0.312 e. The number of carbonyl (C=O) groups excluding carboxylic acids is 1. The number of hydrogen-bond acceptors (Lipinski definition) is 5. The number of esters is 1. The summed E-state index contributed by atoms with van der Waals surface area (Å²) in [6.45, 7) is 1.74. The van der Waals surface area contributed by atoms with Gasteiger partial charge in [-0.05, 0) is 30.7 Å². The van der Waals surface area contributed by atoms with Gasteiger partial charge in [0.25, 0.3) is 0 Å². The Kier molecular flexibility index (Phi) is 4.73. The number of carbonyl (C=O) groups is 1. The molecular weight excluding hydrogens is 286 g/mol. The van der Waals surface area contributed by atoms with Crippen molar-refractivity contribution >= 4 is 11.7 Å². The fourth-order valence-corrected chi connectivity index (χ4v) is 1.96. The molecule has 114 valence electrons. The molecule has 0 aliphatic heterocycles. The maximum atomic E-state index is 11.5. The summed E-state index contributed by atoms with van der Waals surface area (Å²) in [5, 5.41) is 10.9. The van der Waals surface area contributed by atoms with Crippen molar-refractivity contribution in [3.05, 3.63) is 64.2 Å². The van der Waals surface area contributed by atoms with E-state index in [-0.39, 0.29) is 23.3 Å². The number of nitrogens with zero attached hydrogens (tertiary/aromatic N) is 1. The fourth-order valence-electron chi connectivity index (χ4n) is 1.96. The zero-order chi connectivity index (χ0) is 16.1. The van der Waals surface area contributed by atoms with E-state index in [4.69, 9.17) is 4.74 Å². The molecule has 0 aromatic heterocycles. The molecule has 1 atom stereocenters. The number of rotatable bonds is 5. The van der Waals surface area contributed by atoms with Gasteiger partial charge in [0.15, 0.2) is 0 Å². The molecule has 22 heavy (non-hydrogen) atoms. The Hall–Kier alpha value is -2.89. The molecule has 0 saturated carbocycles. The predicted molar refractivity (Wildman–Crippen MR) is 80.0 cm³/mol. The Morgan fingerprint density at radius 3 is 2.36 bits per heavy atom. The van der Waals surface area contributed by atoms with Gasteiger partial charge in [0.05, 0.1) is 18.0 Å². The lowest BCUT2D eigenvalue weighted by atomic mass is 10.0. The molecule has 2 aromatic carbocycles. The monoisotopic (exact) mass is 301 g/mol. The van der Waals surface area contributed by atoms with Gasteiger partial charge >= 0.3 is 11.7 Å². The summed E-state index contributed by atoms with van der Waals surface area (Å²) in [4.78, 5) is 21.9. The summed E-state index contributed by atoms with van der Waals surface area (Å²) < 4.78 is 10.2. The minimum Gasteiger partial charge on any atom is -0.469 e. The highest BCUT2D eigenvalue weighted by Crippen LogP contribution is 2.31. The van der Waals surface area contributed by atoms with E-state index in [0.29, 0.717) is 5.75 Å². The average molecular weight is 301 g/mol. The number of nitro groups is 1. The van der Waals surface area contributed by atoms with E-state index in [9.17, 15) is 14.9 Å². The van der Waals surface area contributed by atoms with Crippen LogP contribution < -0.4 is 4.74 Å². The highest BCUT2D eigenvalue weighted by atomic mass is 16.6. The average Bonchev–Trinajstić information content (AvgIpc) is 2.54. The van der Waals surface area contributed by atoms with Crippen LogP contribution in [0.3, 0.4) is 0 Å². The van der Waals surface area contributed by atoms with Gasteiger partial charge in [-0.3, -0.25) is 14.9 Å². The lowest BCUT2D eigenvalue weighted by molar-refractivity contribution is -0.385. The second-order valence-corrected chi connectivity index (χ2v) is 4.64. The van der Waals surface area contributed by atoms with Crippen LogP contribution in [0.2, 0.25) is 0 Å². The van der Waals surface area contributed by atoms with Gasteiger partial charge in [0, 0.05) is 6.07 Å². The summed E-state index contributed by atoms with van der Waals surface area (Å²) in [6, 6.07) is 12.9. The molecule has 0 aliphatic rings. The lowest BCUT2D eigenvalue weighted by Crippen LogP contribution is -2.10. The Balaban J connectivity index is 2.19. The number of hydrogen-bond donors (Lipinski definition) is 0. The van der Waals surface area contributed by atoms with Gasteiger partial charge in [0.1, 0.15) is 5.75 Å². The van der Waals surface area contributed by atoms with Crippen molar-refractivity contribution < 1.29 is 19.2 Å². The van der Waals surface area contributed by atoms with Crippen LogP contribution in [0.4, 0.5) is 5.69 Å². The fraction of sp³-hybridized carbons (Fsp3) is 0.188. The van der Waals surface area contributed by atoms with Gasteiger partial charge in [-0.2, -0.15) is 0 Å². The first-order chi connectivity index (χ1) is 10.5. The molecule has 0 bridgehead atoms. The molecule has 0 radical (unpaired) electrons. The van der Waals surface area contributed by atoms with Gasteiger partial charge in [-0.1, -0.05) is 24.3 Å². The van der Waals surface area contributed by atoms with E-state index in [0.717, 1.165) is 5.56 Å². The molecule has 0 amide bonds. The normalized spacial score (nSPS) is 11.5. The number of nitro benzene ring substituents is 1. The van der Waals surface area contributed by atoms with E-state index in [1.165, 1.54) is 19.2 Å². The number of methoxy groups -OCH3 is 1. The quantitative estimate of drug-likeness (QED) is 0.478. The standard InChI is InChI=1S/C16H15NO5/c1-11(16(18)21-2)12-7-9-13(10-8-12)22-15-6-4-3-5-14(15)17(19)20/h3-11H,1-2H3/t11-/m1/s1. The molecule has 0 unspecified atom stereocenters. The van der Waals surface area contributed by atoms with Crippen molar-refractivity contribution in [3.8, 4) is 11.5 Å². The van der Waals surface area contributed by atoms with Crippen LogP contribution >= 0.6 is 0 Å². The third-order valence-corrected chi connectivity index (χ3v) is 3.22. The second-order valence-electron chi connectivity index (χ2n) is 4.64. The van der Waals surface area contributed by atoms with Gasteiger partial charge in [-0.15, -0.1) is 0 Å². The molecule has 0 spiro atoms. The predicted octanol–water partition coefficient (Wildman–Crippen LogP) is 3.66. The molecule has 6 heteroatoms. The third kappa shape index (κ3) is 3.41. The molecule has 2 rings (SSSR count). The van der Waals surface area contributed by atoms with Crippen molar-refractivity contribution in [2.24, 2.45) is 0 Å². The first-order valence-corrected chi connectivity index (χ1v) is 6.62. The van der Waals surface area contributed by atoms with E-state index in [1.54, 1.807) is 43.3 Å². The largest absolute Gasteiger partial charge is 0.469 e. The van der Waals surface area contributed by atoms with Gasteiger partial charge in [-0.25, -0.2) is 0 Å². The second kappa shape index (κ2) is 6.71. The topological polar surface area (TPSA) is 78.7 Å². The van der Waals surface area contributed by atoms with Crippen molar-refractivity contribution in [3.63, 3.8) is 0 Å². The Morgan fingerprint density at radius 2 is 1.77 bits per heavy atom. The van der Waals surface area contributed by atoms with Crippen LogP contribution in [-0.2, 0) is 9.53 Å². The van der Waals surface area contributed by atoms with E-state index in [1.807, 2.05) is 0 Å². The summed E-state index contributed by atoms with van der Waals surface area (Å²) in [5.41, 5.74) is 0.677. The van der Waals surface area contributed by atoms with Crippen molar-refractivity contribution in [1.82, 2.24) is 0 Å². The van der Waals surface area contributed by atoms with Crippen molar-refractivity contribution in [2.75, 3.05) is 7.11 Å². The lowest BCUT2D eigenvalue weighted by Gasteiger charge is -2.11. The SMILES string of the molecule is COC(=O)[C@H](C)c1ccc(Oc2ccccc2[N+](=O)[O-])cc1. The van der Waals surface area contributed by atoms with Crippen LogP contribution in [0.15, 0.2) is 48.5 Å². The Labute approximate surface area is 127 Å². The molecule has 2 aromatic rings. The van der Waals surface area contributed by atoms with Crippen LogP contribution in [0, 0.1) is 10.1 Å². The van der Waals surface area contributed by atoms with E-state index >= 15 is 0 Å². The first-order valence-electron chi connectivity index (χ1n) is 6.62. The molecule has 0 fully saturated rings. The molecule has 0 saturated heterocycles. The minimum absolute atomic E-state index is 0.102. The van der Waals surface area contributed by atoms with Crippen LogP contribution in [0.1, 0.15) is 18.4 Å². The zero-order valence-electron chi connectivity index (χ0n) is 12.2. The zero-order valence-corrected chi connectivity index (χ0v) is 12.2. The Bertz CT molecular complexity index is 681. The number of para-hydroxylation sites is 2. The number of ether oxygens (including phenoxy) is 2. The maximum absolute atomic E-state index is 11.5. The van der Waals surface area contributed by atoms with E-state index in [2.05, 4.69) is 4.74 Å². The minimum atomic E-state index is -0.497. The Morgan fingerprint density at radius 1 is 1.14 bits per heavy atom. The van der Waals surface area contributed by atoms with Gasteiger partial charge in [0.2, 0.25) is 5.75 Å². The molecule has 0 heterocycles. The molecular formula is C16H15NO5. The van der Waals surface area contributed by atoms with Crippen molar-refractivity contribution in [2.45, 2.75) is 12.8 Å². The van der Waals surface area contributed by atoms with Crippen LogP contribution in [0.25, 0.3) is 0 Å². The summed E-state index contributed by atoms with van der Waals surface area (Å²) in [6.07, 6.45) is 0. The highest BCUT2D eigenvalue weighted by molar-refractivity contribution is 5.77. The summed E-state index contributed by atoms with van der Waals surface area (Å²) in [7, 11) is 1.34. The maximum Gasteiger partial charge on any atom is 0.312 e. The van der Waals surface area contributed by atoms with Gasteiger partial charge < -0.3 is 9.47 Å². The van der Waals surface area contributed by atoms with Crippen molar-refractivity contribution in [1.29, 1.82) is 0 Å². The third-order valence-electron chi connectivity index (χ3n) is 3.22. The number of benzene rings is 2. The molecule has 0 aliphatic carbocycles. The highest BCUT2D eigenvalue weighted by Gasteiger charge is 2.17. The molecule has 6 nitrogen and oxygen atoms in total.